The number of amides is 1. The summed E-state index contributed by atoms with van der Waals surface area (Å²) in [6.45, 7) is 0.0459. The van der Waals surface area contributed by atoms with Crippen molar-refractivity contribution in [2.24, 2.45) is 0 Å². The topological polar surface area (TPSA) is 38.3 Å². The van der Waals surface area contributed by atoms with Gasteiger partial charge in [-0.05, 0) is 24.3 Å². The number of nitrogens with one attached hydrogen (secondary N) is 1. The van der Waals surface area contributed by atoms with E-state index in [-0.39, 0.29) is 24.4 Å². The quantitative estimate of drug-likeness (QED) is 0.861. The summed E-state index contributed by atoms with van der Waals surface area (Å²) in [6.07, 6.45) is -4.27. The number of methoxy groups -OCH3 is 1. The molecule has 0 saturated heterocycles. The van der Waals surface area contributed by atoms with Crippen molar-refractivity contribution >= 4 is 5.91 Å². The van der Waals surface area contributed by atoms with E-state index in [9.17, 15) is 18.0 Å². The summed E-state index contributed by atoms with van der Waals surface area (Å²) in [6, 6.07) is 11.9. The van der Waals surface area contributed by atoms with E-state index in [0.29, 0.717) is 5.75 Å². The maximum atomic E-state index is 12.6. The molecule has 0 aliphatic rings. The van der Waals surface area contributed by atoms with Crippen LogP contribution < -0.4 is 10.1 Å². The van der Waals surface area contributed by atoms with Crippen molar-refractivity contribution < 1.29 is 22.7 Å². The van der Waals surface area contributed by atoms with Crippen LogP contribution in [0.1, 0.15) is 16.7 Å². The fourth-order valence-electron chi connectivity index (χ4n) is 2.15. The van der Waals surface area contributed by atoms with Gasteiger partial charge in [0.05, 0.1) is 25.6 Å². The van der Waals surface area contributed by atoms with Crippen molar-refractivity contribution in [2.45, 2.75) is 12.6 Å². The second-order valence-electron chi connectivity index (χ2n) is 5.15. The molecule has 25 heavy (non-hydrogen) atoms. The average Bonchev–Trinajstić information content (AvgIpc) is 2.59. The van der Waals surface area contributed by atoms with Crippen molar-refractivity contribution in [1.82, 2.24) is 5.32 Å². The first-order valence-corrected chi connectivity index (χ1v) is 7.45. The zero-order valence-corrected chi connectivity index (χ0v) is 13.5. The molecule has 2 aromatic carbocycles. The van der Waals surface area contributed by atoms with Gasteiger partial charge in [0.25, 0.3) is 0 Å². The molecular formula is C19H16F3NO2. The van der Waals surface area contributed by atoms with Crippen molar-refractivity contribution in [1.29, 1.82) is 0 Å². The van der Waals surface area contributed by atoms with Crippen LogP contribution in [0.2, 0.25) is 0 Å². The Hall–Kier alpha value is -2.94. The normalized spacial score (nSPS) is 10.6. The third kappa shape index (κ3) is 5.57. The lowest BCUT2D eigenvalue weighted by Crippen LogP contribution is -2.25. The third-order valence-electron chi connectivity index (χ3n) is 3.34. The largest absolute Gasteiger partial charge is 0.496 e. The van der Waals surface area contributed by atoms with Crippen molar-refractivity contribution in [3.05, 3.63) is 65.2 Å². The van der Waals surface area contributed by atoms with Crippen molar-refractivity contribution in [2.75, 3.05) is 13.7 Å². The molecular weight excluding hydrogens is 331 g/mol. The van der Waals surface area contributed by atoms with Gasteiger partial charge in [-0.2, -0.15) is 13.2 Å². The highest BCUT2D eigenvalue weighted by molar-refractivity contribution is 5.79. The number of carbonyl (C=O) groups is 1. The number of para-hydroxylation sites is 1. The van der Waals surface area contributed by atoms with Crippen molar-refractivity contribution in [3.63, 3.8) is 0 Å². The van der Waals surface area contributed by atoms with Gasteiger partial charge < -0.3 is 10.1 Å². The third-order valence-corrected chi connectivity index (χ3v) is 3.34. The first kappa shape index (κ1) is 18.4. The van der Waals surface area contributed by atoms with Gasteiger partial charge in [0.2, 0.25) is 5.91 Å². The lowest BCUT2D eigenvalue weighted by Gasteiger charge is -2.07. The molecule has 2 aromatic rings. The summed E-state index contributed by atoms with van der Waals surface area (Å²) in [7, 11) is 1.53. The van der Waals surface area contributed by atoms with Gasteiger partial charge in [0.15, 0.2) is 0 Å². The Morgan fingerprint density at radius 1 is 1.16 bits per heavy atom. The highest BCUT2D eigenvalue weighted by Gasteiger charge is 2.30. The number of rotatable bonds is 4. The molecule has 0 aliphatic carbocycles. The van der Waals surface area contributed by atoms with Gasteiger partial charge in [-0.3, -0.25) is 4.79 Å². The highest BCUT2D eigenvalue weighted by Crippen LogP contribution is 2.29. The first-order chi connectivity index (χ1) is 11.9. The summed E-state index contributed by atoms with van der Waals surface area (Å²) in [5.41, 5.74) is 0.238. The van der Waals surface area contributed by atoms with Crippen molar-refractivity contribution in [3.8, 4) is 17.6 Å². The average molecular weight is 347 g/mol. The number of hydrogen-bond donors (Lipinski definition) is 1. The standard InChI is InChI=1S/C19H16F3NO2/c1-25-17-10-3-2-8-15(17)13-18(24)23-11-5-7-14-6-4-9-16(12-14)19(20,21)22/h2-4,6,8-10,12H,11,13H2,1H3,(H,23,24). The second kappa shape index (κ2) is 8.25. The summed E-state index contributed by atoms with van der Waals surface area (Å²) >= 11 is 0. The summed E-state index contributed by atoms with van der Waals surface area (Å²) in [5.74, 6) is 5.63. The zero-order valence-electron chi connectivity index (χ0n) is 13.5. The summed E-state index contributed by atoms with van der Waals surface area (Å²) in [5, 5.41) is 2.61. The van der Waals surface area contributed by atoms with Crippen LogP contribution >= 0.6 is 0 Å². The van der Waals surface area contributed by atoms with Gasteiger partial charge in [0.1, 0.15) is 5.75 Å². The van der Waals surface area contributed by atoms with Crippen LogP contribution in [0, 0.1) is 11.8 Å². The molecule has 0 saturated carbocycles. The Bertz CT molecular complexity index is 804. The molecule has 6 heteroatoms. The monoisotopic (exact) mass is 347 g/mol. The van der Waals surface area contributed by atoms with Gasteiger partial charge in [-0.25, -0.2) is 0 Å². The van der Waals surface area contributed by atoms with E-state index < -0.39 is 11.7 Å². The number of benzene rings is 2. The Morgan fingerprint density at radius 3 is 2.64 bits per heavy atom. The molecule has 1 amide bonds. The van der Waals surface area contributed by atoms with E-state index in [1.807, 2.05) is 0 Å². The van der Waals surface area contributed by atoms with E-state index in [0.717, 1.165) is 17.7 Å². The molecule has 0 aromatic heterocycles. The molecule has 0 spiro atoms. The molecule has 0 radical (unpaired) electrons. The minimum atomic E-state index is -4.40. The highest BCUT2D eigenvalue weighted by atomic mass is 19.4. The van der Waals surface area contributed by atoms with E-state index >= 15 is 0 Å². The molecule has 1 N–H and O–H groups in total. The lowest BCUT2D eigenvalue weighted by molar-refractivity contribution is -0.137. The van der Waals surface area contributed by atoms with Crippen LogP contribution in [0.3, 0.4) is 0 Å². The summed E-state index contributed by atoms with van der Waals surface area (Å²) < 4.78 is 43.0. The number of ether oxygens (including phenoxy) is 1. The number of hydrogen-bond acceptors (Lipinski definition) is 2. The summed E-state index contributed by atoms with van der Waals surface area (Å²) in [4.78, 5) is 11.9. The van der Waals surface area contributed by atoms with Crippen LogP contribution in [0.25, 0.3) is 0 Å². The molecule has 0 atom stereocenters. The number of alkyl halides is 3. The van der Waals surface area contributed by atoms with E-state index in [1.165, 1.54) is 19.2 Å². The van der Waals surface area contributed by atoms with Gasteiger partial charge >= 0.3 is 6.18 Å². The van der Waals surface area contributed by atoms with Crippen LogP contribution in [-0.2, 0) is 17.4 Å². The minimum absolute atomic E-state index is 0.0459. The molecule has 130 valence electrons. The fraction of sp³-hybridized carbons (Fsp3) is 0.211. The Kier molecular flexibility index (Phi) is 6.07. The fourth-order valence-corrected chi connectivity index (χ4v) is 2.15. The molecule has 0 bridgehead atoms. The smallest absolute Gasteiger partial charge is 0.416 e. The first-order valence-electron chi connectivity index (χ1n) is 7.45. The number of halogens is 3. The predicted octanol–water partition coefficient (Wildman–Crippen LogP) is 3.42. The minimum Gasteiger partial charge on any atom is -0.496 e. The lowest BCUT2D eigenvalue weighted by atomic mass is 10.1. The van der Waals surface area contributed by atoms with Crippen LogP contribution in [-0.4, -0.2) is 19.6 Å². The maximum absolute atomic E-state index is 12.6. The molecule has 0 unspecified atom stereocenters. The maximum Gasteiger partial charge on any atom is 0.416 e. The molecule has 3 nitrogen and oxygen atoms in total. The zero-order chi connectivity index (χ0) is 18.3. The van der Waals surface area contributed by atoms with Crippen LogP contribution in [0.4, 0.5) is 13.2 Å². The Balaban J connectivity index is 1.91. The van der Waals surface area contributed by atoms with E-state index in [2.05, 4.69) is 17.2 Å². The van der Waals surface area contributed by atoms with Crippen LogP contribution in [0.5, 0.6) is 5.75 Å². The van der Waals surface area contributed by atoms with Gasteiger partial charge in [0, 0.05) is 11.1 Å². The number of carbonyl (C=O) groups excluding carboxylic acids is 1. The predicted molar refractivity (Wildman–Crippen MR) is 88.0 cm³/mol. The van der Waals surface area contributed by atoms with E-state index in [4.69, 9.17) is 4.74 Å². The molecule has 0 fully saturated rings. The van der Waals surface area contributed by atoms with Crippen LogP contribution in [0.15, 0.2) is 48.5 Å². The Labute approximate surface area is 143 Å². The van der Waals surface area contributed by atoms with Gasteiger partial charge in [-0.15, -0.1) is 0 Å². The Morgan fingerprint density at radius 2 is 1.92 bits per heavy atom. The second-order valence-corrected chi connectivity index (χ2v) is 5.15. The SMILES string of the molecule is COc1ccccc1CC(=O)NCC#Cc1cccc(C(F)(F)F)c1. The van der Waals surface area contributed by atoms with E-state index in [1.54, 1.807) is 24.3 Å². The molecule has 0 aliphatic heterocycles. The molecule has 2 rings (SSSR count). The van der Waals surface area contributed by atoms with Gasteiger partial charge in [-0.1, -0.05) is 36.1 Å². The molecule has 0 heterocycles.